The van der Waals surface area contributed by atoms with E-state index < -0.39 is 24.3 Å². The molecule has 3 rings (SSSR count). The summed E-state index contributed by atoms with van der Waals surface area (Å²) < 4.78 is 11.6. The van der Waals surface area contributed by atoms with Crippen LogP contribution in [0, 0.1) is 0 Å². The molecule has 0 spiro atoms. The molecule has 8 heteroatoms. The van der Waals surface area contributed by atoms with Gasteiger partial charge in [0.05, 0.1) is 6.10 Å². The van der Waals surface area contributed by atoms with Crippen molar-refractivity contribution < 1.29 is 29.3 Å². The molecule has 178 valence electrons. The monoisotopic (exact) mass is 481 g/mol. The summed E-state index contributed by atoms with van der Waals surface area (Å²) in [6, 6.07) is 17.9. The molecule has 0 heterocycles. The number of phenols is 1. The molecule has 3 aromatic rings. The summed E-state index contributed by atoms with van der Waals surface area (Å²) >= 11 is 1.60. The average molecular weight is 482 g/mol. The van der Waals surface area contributed by atoms with Crippen molar-refractivity contribution in [3.8, 4) is 5.75 Å². The van der Waals surface area contributed by atoms with Gasteiger partial charge in [0, 0.05) is 34.7 Å². The van der Waals surface area contributed by atoms with E-state index in [-0.39, 0.29) is 5.75 Å². The summed E-state index contributed by atoms with van der Waals surface area (Å²) in [7, 11) is 1.52. The highest BCUT2D eigenvalue weighted by Crippen LogP contribution is 2.36. The molecule has 0 bridgehead atoms. The third-order valence-electron chi connectivity index (χ3n) is 5.33. The molecule has 3 aromatic carbocycles. The van der Waals surface area contributed by atoms with Crippen molar-refractivity contribution in [1.82, 2.24) is 0 Å². The second-order valence-corrected chi connectivity index (χ2v) is 8.37. The van der Waals surface area contributed by atoms with Crippen molar-refractivity contribution in [3.63, 3.8) is 0 Å². The quantitative estimate of drug-likeness (QED) is 0.241. The maximum Gasteiger partial charge on any atom is 0.412 e. The average Bonchev–Trinajstić information content (AvgIpc) is 2.84. The summed E-state index contributed by atoms with van der Waals surface area (Å²) in [5.41, 5.74) is 1.27. The number of methoxy groups -OCH3 is 1. The van der Waals surface area contributed by atoms with Gasteiger partial charge >= 0.3 is 12.1 Å². The fourth-order valence-corrected chi connectivity index (χ4v) is 4.08. The number of carbonyl (C=O) groups excluding carboxylic acids is 1. The van der Waals surface area contributed by atoms with Crippen LogP contribution in [-0.2, 0) is 14.3 Å². The molecule has 0 saturated carbocycles. The number of carbonyl (C=O) groups is 2. The van der Waals surface area contributed by atoms with Crippen LogP contribution in [0.5, 0.6) is 5.75 Å². The van der Waals surface area contributed by atoms with E-state index >= 15 is 0 Å². The molecule has 0 saturated heterocycles. The summed E-state index contributed by atoms with van der Waals surface area (Å²) in [4.78, 5) is 24.7. The fraction of sp³-hybridized carbons (Fsp3) is 0.231. The summed E-state index contributed by atoms with van der Waals surface area (Å²) in [6.07, 6.45) is 3.39. The van der Waals surface area contributed by atoms with Crippen molar-refractivity contribution in [3.05, 3.63) is 78.4 Å². The maximum absolute atomic E-state index is 12.9. The van der Waals surface area contributed by atoms with E-state index in [1.54, 1.807) is 42.1 Å². The molecule has 0 fully saturated rings. The van der Waals surface area contributed by atoms with E-state index in [9.17, 15) is 14.7 Å². The SMILES string of the molecule is CO[C@@H](CC/C=C/C(=O)O)[C@@H](OC(=O)Nc1ccc(SC)cc1)c1ccc(O)c2ccccc12. The first-order valence-corrected chi connectivity index (χ1v) is 11.9. The standard InChI is InChI=1S/C26H27NO6S/c1-32-23(9-5-6-10-24(29)30)25(21-15-16-22(28)20-8-4-3-7-19(20)21)33-26(31)27-17-11-13-18(34-2)14-12-17/h3-4,6-8,10-16,23,25,28H,5,9H2,1-2H3,(H,27,31)(H,29,30)/b10-6+/t23-,25-/m0/s1. The van der Waals surface area contributed by atoms with Crippen molar-refractivity contribution in [2.24, 2.45) is 0 Å². The normalized spacial score (nSPS) is 13.0. The Labute approximate surface area is 202 Å². The van der Waals surface area contributed by atoms with Crippen molar-refractivity contribution in [2.45, 2.75) is 29.9 Å². The minimum Gasteiger partial charge on any atom is -0.507 e. The first-order chi connectivity index (χ1) is 16.4. The Morgan fingerprint density at radius 1 is 1.06 bits per heavy atom. The van der Waals surface area contributed by atoms with Crippen LogP contribution in [0.15, 0.2) is 77.7 Å². The third-order valence-corrected chi connectivity index (χ3v) is 6.07. The van der Waals surface area contributed by atoms with E-state index in [4.69, 9.17) is 14.6 Å². The molecular formula is C26H27NO6S. The molecule has 34 heavy (non-hydrogen) atoms. The van der Waals surface area contributed by atoms with Gasteiger partial charge in [-0.25, -0.2) is 9.59 Å². The number of fused-ring (bicyclic) bond motifs is 1. The molecule has 2 atom stereocenters. The summed E-state index contributed by atoms with van der Waals surface area (Å²) in [5.74, 6) is -0.909. The van der Waals surface area contributed by atoms with E-state index in [0.29, 0.717) is 29.5 Å². The molecule has 7 nitrogen and oxygen atoms in total. The lowest BCUT2D eigenvalue weighted by Gasteiger charge is -2.27. The van der Waals surface area contributed by atoms with Crippen molar-refractivity contribution in [1.29, 1.82) is 0 Å². The van der Waals surface area contributed by atoms with Gasteiger partial charge in [0.2, 0.25) is 0 Å². The molecule has 0 aromatic heterocycles. The second kappa shape index (κ2) is 12.1. The van der Waals surface area contributed by atoms with Crippen LogP contribution in [0.1, 0.15) is 24.5 Å². The summed E-state index contributed by atoms with van der Waals surface area (Å²) in [5, 5.41) is 23.2. The van der Waals surface area contributed by atoms with E-state index in [2.05, 4.69) is 5.32 Å². The number of nitrogens with one attached hydrogen (secondary N) is 1. The number of amides is 1. The molecular weight excluding hydrogens is 454 g/mol. The Hall–Kier alpha value is -3.49. The molecule has 0 unspecified atom stereocenters. The van der Waals surface area contributed by atoms with Crippen LogP contribution in [0.3, 0.4) is 0 Å². The number of allylic oxidation sites excluding steroid dienone is 1. The third kappa shape index (κ3) is 6.52. The van der Waals surface area contributed by atoms with E-state index in [1.807, 2.05) is 36.6 Å². The van der Waals surface area contributed by atoms with Crippen LogP contribution in [-0.4, -0.2) is 41.7 Å². The number of aliphatic carboxylic acids is 1. The Bertz CT molecular complexity index is 1160. The molecule has 3 N–H and O–H groups in total. The number of hydrogen-bond acceptors (Lipinski definition) is 6. The zero-order valence-corrected chi connectivity index (χ0v) is 19.7. The van der Waals surface area contributed by atoms with Gasteiger partial charge < -0.3 is 19.7 Å². The van der Waals surface area contributed by atoms with Crippen LogP contribution < -0.4 is 5.32 Å². The Morgan fingerprint density at radius 3 is 2.41 bits per heavy atom. The van der Waals surface area contributed by atoms with Gasteiger partial charge in [-0.05, 0) is 54.8 Å². The minimum atomic E-state index is -1.03. The molecule has 0 aliphatic rings. The predicted molar refractivity (Wildman–Crippen MR) is 133 cm³/mol. The minimum absolute atomic E-state index is 0.120. The number of benzene rings is 3. The number of anilines is 1. The highest BCUT2D eigenvalue weighted by atomic mass is 32.2. The highest BCUT2D eigenvalue weighted by Gasteiger charge is 2.29. The summed E-state index contributed by atoms with van der Waals surface area (Å²) in [6.45, 7) is 0. The number of aromatic hydroxyl groups is 1. The van der Waals surface area contributed by atoms with Gasteiger partial charge in [-0.2, -0.15) is 0 Å². The van der Waals surface area contributed by atoms with Gasteiger partial charge in [-0.3, -0.25) is 5.32 Å². The Morgan fingerprint density at radius 2 is 1.76 bits per heavy atom. The van der Waals surface area contributed by atoms with Gasteiger partial charge in [0.25, 0.3) is 0 Å². The molecule has 0 aliphatic carbocycles. The second-order valence-electron chi connectivity index (χ2n) is 7.49. The molecule has 0 aliphatic heterocycles. The highest BCUT2D eigenvalue weighted by molar-refractivity contribution is 7.98. The number of carboxylic acid groups (broad SMARTS) is 1. The number of thioether (sulfide) groups is 1. The molecule has 1 amide bonds. The number of ether oxygens (including phenoxy) is 2. The van der Waals surface area contributed by atoms with Crippen LogP contribution in [0.2, 0.25) is 0 Å². The van der Waals surface area contributed by atoms with Crippen LogP contribution in [0.25, 0.3) is 10.8 Å². The smallest absolute Gasteiger partial charge is 0.412 e. The first-order valence-electron chi connectivity index (χ1n) is 10.7. The maximum atomic E-state index is 12.9. The lowest BCUT2D eigenvalue weighted by Crippen LogP contribution is -2.28. The van der Waals surface area contributed by atoms with Gasteiger partial charge in [0.1, 0.15) is 5.75 Å². The fourth-order valence-electron chi connectivity index (χ4n) is 3.67. The van der Waals surface area contributed by atoms with Gasteiger partial charge in [-0.1, -0.05) is 36.4 Å². The Balaban J connectivity index is 1.90. The number of rotatable bonds is 10. The van der Waals surface area contributed by atoms with Crippen LogP contribution >= 0.6 is 11.8 Å². The van der Waals surface area contributed by atoms with Gasteiger partial charge in [-0.15, -0.1) is 11.8 Å². The van der Waals surface area contributed by atoms with Crippen molar-refractivity contribution >= 4 is 40.3 Å². The zero-order chi connectivity index (χ0) is 24.5. The largest absolute Gasteiger partial charge is 0.507 e. The number of hydrogen-bond donors (Lipinski definition) is 3. The number of carboxylic acids is 1. The lowest BCUT2D eigenvalue weighted by molar-refractivity contribution is -0.131. The zero-order valence-electron chi connectivity index (χ0n) is 18.9. The lowest BCUT2D eigenvalue weighted by atomic mass is 9.94. The predicted octanol–water partition coefficient (Wildman–Crippen LogP) is 5.99. The van der Waals surface area contributed by atoms with E-state index in [1.165, 1.54) is 13.2 Å². The Kier molecular flexibility index (Phi) is 8.95. The van der Waals surface area contributed by atoms with E-state index in [0.717, 1.165) is 16.4 Å². The number of phenolic OH excluding ortho intramolecular Hbond substituents is 1. The van der Waals surface area contributed by atoms with Crippen molar-refractivity contribution in [2.75, 3.05) is 18.7 Å². The van der Waals surface area contributed by atoms with Gasteiger partial charge in [0.15, 0.2) is 6.10 Å². The van der Waals surface area contributed by atoms with Crippen LogP contribution in [0.4, 0.5) is 10.5 Å². The first kappa shape index (κ1) is 25.1. The topological polar surface area (TPSA) is 105 Å². The molecule has 0 radical (unpaired) electrons.